The van der Waals surface area contributed by atoms with Crippen LogP contribution in [0.15, 0.2) is 24.3 Å². The molecule has 1 aliphatic heterocycles. The molecule has 102 valence electrons. The molecular weight excluding hydrogens is 254 g/mol. The van der Waals surface area contributed by atoms with Gasteiger partial charge in [-0.25, -0.2) is 4.98 Å². The summed E-state index contributed by atoms with van der Waals surface area (Å²) >= 11 is 2.10. The Morgan fingerprint density at radius 3 is 3.11 bits per heavy atom. The average Bonchev–Trinajstić information content (AvgIpc) is 3.05. The summed E-state index contributed by atoms with van der Waals surface area (Å²) in [6.07, 6.45) is 2.74. The van der Waals surface area contributed by atoms with E-state index in [1.807, 2.05) is 0 Å². The lowest BCUT2D eigenvalue weighted by Gasteiger charge is -2.11. The van der Waals surface area contributed by atoms with Crippen LogP contribution in [0.3, 0.4) is 0 Å². The van der Waals surface area contributed by atoms with Crippen molar-refractivity contribution < 1.29 is 0 Å². The number of para-hydroxylation sites is 2. The Kier molecular flexibility index (Phi) is 4.09. The van der Waals surface area contributed by atoms with Crippen molar-refractivity contribution in [3.63, 3.8) is 0 Å². The Morgan fingerprint density at radius 1 is 1.42 bits per heavy atom. The van der Waals surface area contributed by atoms with Crippen molar-refractivity contribution in [2.75, 3.05) is 12.3 Å². The second-order valence-corrected chi connectivity index (χ2v) is 6.44. The molecule has 1 aliphatic rings. The van der Waals surface area contributed by atoms with Crippen LogP contribution in [0.25, 0.3) is 11.0 Å². The third-order valence-electron chi connectivity index (χ3n) is 3.73. The predicted octanol–water partition coefficient (Wildman–Crippen LogP) is 3.04. The molecule has 3 nitrogen and oxygen atoms in total. The second-order valence-electron chi connectivity index (χ2n) is 5.03. The minimum absolute atomic E-state index is 0.805. The maximum absolute atomic E-state index is 4.74. The van der Waals surface area contributed by atoms with Crippen LogP contribution >= 0.6 is 11.8 Å². The van der Waals surface area contributed by atoms with Crippen molar-refractivity contribution in [2.24, 2.45) is 0 Å². The third kappa shape index (κ3) is 2.79. The summed E-state index contributed by atoms with van der Waals surface area (Å²) in [6, 6.07) is 8.39. The lowest BCUT2D eigenvalue weighted by atomic mass is 10.2. The van der Waals surface area contributed by atoms with E-state index in [2.05, 4.69) is 52.8 Å². The maximum atomic E-state index is 4.74. The zero-order valence-corrected chi connectivity index (χ0v) is 12.2. The van der Waals surface area contributed by atoms with Crippen molar-refractivity contribution >= 4 is 22.8 Å². The summed E-state index contributed by atoms with van der Waals surface area (Å²) in [7, 11) is 0. The van der Waals surface area contributed by atoms with Crippen LogP contribution in [-0.2, 0) is 13.1 Å². The van der Waals surface area contributed by atoms with E-state index in [1.54, 1.807) is 0 Å². The molecule has 1 N–H and O–H groups in total. The van der Waals surface area contributed by atoms with Gasteiger partial charge in [0.15, 0.2) is 0 Å². The molecule has 0 saturated carbocycles. The van der Waals surface area contributed by atoms with E-state index in [0.29, 0.717) is 0 Å². The van der Waals surface area contributed by atoms with Crippen LogP contribution in [0.5, 0.6) is 0 Å². The first-order valence-electron chi connectivity index (χ1n) is 7.15. The van der Waals surface area contributed by atoms with Gasteiger partial charge < -0.3 is 9.88 Å². The summed E-state index contributed by atoms with van der Waals surface area (Å²) in [5.41, 5.74) is 2.36. The quantitative estimate of drug-likeness (QED) is 0.909. The van der Waals surface area contributed by atoms with Crippen LogP contribution in [0.2, 0.25) is 0 Å². The van der Waals surface area contributed by atoms with E-state index < -0.39 is 0 Å². The van der Waals surface area contributed by atoms with Crippen molar-refractivity contribution in [1.29, 1.82) is 0 Å². The number of fused-ring (bicyclic) bond motifs is 1. The van der Waals surface area contributed by atoms with Crippen molar-refractivity contribution in [3.05, 3.63) is 30.1 Å². The van der Waals surface area contributed by atoms with Gasteiger partial charge in [-0.15, -0.1) is 0 Å². The Morgan fingerprint density at radius 2 is 2.32 bits per heavy atom. The molecule has 1 aromatic carbocycles. The van der Waals surface area contributed by atoms with E-state index in [4.69, 9.17) is 4.98 Å². The van der Waals surface area contributed by atoms with Crippen LogP contribution in [0.1, 0.15) is 25.6 Å². The van der Waals surface area contributed by atoms with Crippen molar-refractivity contribution in [2.45, 2.75) is 38.1 Å². The van der Waals surface area contributed by atoms with Crippen LogP contribution < -0.4 is 5.32 Å². The molecule has 1 fully saturated rings. The molecule has 0 bridgehead atoms. The maximum Gasteiger partial charge on any atom is 0.123 e. The number of thioether (sulfide) groups is 1. The molecule has 0 amide bonds. The van der Waals surface area contributed by atoms with E-state index in [-0.39, 0.29) is 0 Å². The SMILES string of the molecule is CCn1c(CNCC2CCCS2)nc2ccccc21. The smallest absolute Gasteiger partial charge is 0.123 e. The number of nitrogens with one attached hydrogen (secondary N) is 1. The minimum atomic E-state index is 0.805. The Labute approximate surface area is 118 Å². The van der Waals surface area contributed by atoms with Gasteiger partial charge in [-0.1, -0.05) is 12.1 Å². The van der Waals surface area contributed by atoms with Gasteiger partial charge in [-0.3, -0.25) is 0 Å². The molecule has 0 radical (unpaired) electrons. The van der Waals surface area contributed by atoms with Gasteiger partial charge in [0.05, 0.1) is 17.6 Å². The van der Waals surface area contributed by atoms with E-state index >= 15 is 0 Å². The van der Waals surface area contributed by atoms with Crippen LogP contribution in [-0.4, -0.2) is 27.1 Å². The van der Waals surface area contributed by atoms with Gasteiger partial charge in [0, 0.05) is 18.3 Å². The second kappa shape index (κ2) is 5.97. The molecule has 1 unspecified atom stereocenters. The Bertz CT molecular complexity index is 543. The summed E-state index contributed by atoms with van der Waals surface area (Å²) in [4.78, 5) is 4.74. The molecule has 1 aromatic heterocycles. The third-order valence-corrected chi connectivity index (χ3v) is 5.13. The number of benzene rings is 1. The number of nitrogens with zero attached hydrogens (tertiary/aromatic N) is 2. The molecule has 4 heteroatoms. The molecule has 0 aliphatic carbocycles. The molecule has 1 saturated heterocycles. The number of aryl methyl sites for hydroxylation is 1. The molecule has 1 atom stereocenters. The first-order chi connectivity index (χ1) is 9.38. The molecule has 0 spiro atoms. The number of imidazole rings is 1. The van der Waals surface area contributed by atoms with Gasteiger partial charge in [0.25, 0.3) is 0 Å². The van der Waals surface area contributed by atoms with E-state index in [0.717, 1.165) is 36.2 Å². The highest BCUT2D eigenvalue weighted by Crippen LogP contribution is 2.25. The molecule has 2 aromatic rings. The van der Waals surface area contributed by atoms with Gasteiger partial charge in [0.1, 0.15) is 5.82 Å². The predicted molar refractivity (Wildman–Crippen MR) is 82.6 cm³/mol. The fraction of sp³-hybridized carbons (Fsp3) is 0.533. The van der Waals surface area contributed by atoms with Crippen LogP contribution in [0.4, 0.5) is 0 Å². The number of hydrogen-bond donors (Lipinski definition) is 1. The summed E-state index contributed by atoms with van der Waals surface area (Å²) in [5, 5.41) is 4.38. The molecule has 19 heavy (non-hydrogen) atoms. The van der Waals surface area contributed by atoms with Crippen molar-refractivity contribution in [3.8, 4) is 0 Å². The average molecular weight is 275 g/mol. The molecular formula is C15H21N3S. The zero-order chi connectivity index (χ0) is 13.1. The van der Waals surface area contributed by atoms with Gasteiger partial charge in [-0.05, 0) is 37.7 Å². The topological polar surface area (TPSA) is 29.9 Å². The summed E-state index contributed by atoms with van der Waals surface area (Å²) in [6.45, 7) is 5.15. The summed E-state index contributed by atoms with van der Waals surface area (Å²) in [5.74, 6) is 2.49. The van der Waals surface area contributed by atoms with Gasteiger partial charge in [0.2, 0.25) is 0 Å². The Hall–Kier alpha value is -1.00. The lowest BCUT2D eigenvalue weighted by molar-refractivity contribution is 0.601. The van der Waals surface area contributed by atoms with Gasteiger partial charge >= 0.3 is 0 Å². The van der Waals surface area contributed by atoms with Crippen LogP contribution in [0, 0.1) is 0 Å². The normalized spacial score (nSPS) is 19.3. The van der Waals surface area contributed by atoms with Gasteiger partial charge in [-0.2, -0.15) is 11.8 Å². The van der Waals surface area contributed by atoms with E-state index in [1.165, 1.54) is 24.1 Å². The number of hydrogen-bond acceptors (Lipinski definition) is 3. The minimum Gasteiger partial charge on any atom is -0.327 e. The standard InChI is InChI=1S/C15H21N3S/c1-2-18-14-8-4-3-7-13(14)17-15(18)11-16-10-12-6-5-9-19-12/h3-4,7-8,12,16H,2,5-6,9-11H2,1H3. The largest absolute Gasteiger partial charge is 0.327 e. The highest BCUT2D eigenvalue weighted by atomic mass is 32.2. The zero-order valence-electron chi connectivity index (χ0n) is 11.4. The monoisotopic (exact) mass is 275 g/mol. The molecule has 2 heterocycles. The lowest BCUT2D eigenvalue weighted by Crippen LogP contribution is -2.24. The first kappa shape index (κ1) is 13.0. The number of rotatable bonds is 5. The fourth-order valence-corrected chi connectivity index (χ4v) is 4.00. The highest BCUT2D eigenvalue weighted by molar-refractivity contribution is 8.00. The number of aromatic nitrogens is 2. The molecule has 3 rings (SSSR count). The summed E-state index contributed by atoms with van der Waals surface area (Å²) < 4.78 is 2.31. The first-order valence-corrected chi connectivity index (χ1v) is 8.20. The fourth-order valence-electron chi connectivity index (χ4n) is 2.76. The highest BCUT2D eigenvalue weighted by Gasteiger charge is 2.15. The van der Waals surface area contributed by atoms with Crippen molar-refractivity contribution in [1.82, 2.24) is 14.9 Å². The van der Waals surface area contributed by atoms with E-state index in [9.17, 15) is 0 Å². The Balaban J connectivity index is 1.69.